The standard InChI is InChI=1S/C24H20N2O5/c1-3-30-23(28)17-13-25-19-11-7-5-9-15(19)21(17)26-14-18(24(29)31-4-2)22(27)16-10-6-8-12-20(16)26/h5-14H,3-4H2,1-2H3. The second kappa shape index (κ2) is 8.39. The Labute approximate surface area is 177 Å². The molecule has 0 N–H and O–H groups in total. The van der Waals surface area contributed by atoms with E-state index >= 15 is 0 Å². The molecule has 0 radical (unpaired) electrons. The lowest BCUT2D eigenvalue weighted by atomic mass is 10.1. The third-order valence-corrected chi connectivity index (χ3v) is 4.89. The Bertz CT molecular complexity index is 1370. The molecule has 0 atom stereocenters. The highest BCUT2D eigenvalue weighted by Gasteiger charge is 2.22. The van der Waals surface area contributed by atoms with E-state index in [9.17, 15) is 14.4 Å². The van der Waals surface area contributed by atoms with Gasteiger partial charge in [-0.25, -0.2) is 9.59 Å². The summed E-state index contributed by atoms with van der Waals surface area (Å²) in [6.07, 6.45) is 2.87. The van der Waals surface area contributed by atoms with E-state index in [0.717, 1.165) is 0 Å². The number of hydrogen-bond donors (Lipinski definition) is 0. The summed E-state index contributed by atoms with van der Waals surface area (Å²) in [6, 6.07) is 14.2. The number of fused-ring (bicyclic) bond motifs is 2. The molecule has 0 unspecified atom stereocenters. The van der Waals surface area contributed by atoms with Crippen LogP contribution in [0.3, 0.4) is 0 Å². The van der Waals surface area contributed by atoms with E-state index in [4.69, 9.17) is 9.47 Å². The number of benzene rings is 2. The van der Waals surface area contributed by atoms with Gasteiger partial charge in [-0.1, -0.05) is 30.3 Å². The molecule has 4 rings (SSSR count). The lowest BCUT2D eigenvalue weighted by Gasteiger charge is -2.18. The number of hydrogen-bond acceptors (Lipinski definition) is 6. The summed E-state index contributed by atoms with van der Waals surface area (Å²) in [5.41, 5.74) is 1.36. The Morgan fingerprint density at radius 3 is 2.19 bits per heavy atom. The van der Waals surface area contributed by atoms with Gasteiger partial charge in [0, 0.05) is 23.2 Å². The van der Waals surface area contributed by atoms with Gasteiger partial charge in [-0.05, 0) is 32.0 Å². The van der Waals surface area contributed by atoms with Crippen molar-refractivity contribution >= 4 is 33.7 Å². The van der Waals surface area contributed by atoms with Crippen LogP contribution in [0.1, 0.15) is 34.6 Å². The fourth-order valence-electron chi connectivity index (χ4n) is 3.56. The zero-order valence-electron chi connectivity index (χ0n) is 17.1. The fraction of sp³-hybridized carbons (Fsp3) is 0.167. The predicted octanol–water partition coefficient (Wildman–Crippen LogP) is 3.89. The first-order valence-corrected chi connectivity index (χ1v) is 9.93. The largest absolute Gasteiger partial charge is 0.462 e. The number of carbonyl (C=O) groups excluding carboxylic acids is 2. The van der Waals surface area contributed by atoms with Crippen molar-refractivity contribution < 1.29 is 19.1 Å². The third-order valence-electron chi connectivity index (χ3n) is 4.89. The Balaban J connectivity index is 2.15. The number of carbonyl (C=O) groups is 2. The molecular weight excluding hydrogens is 396 g/mol. The fourth-order valence-corrected chi connectivity index (χ4v) is 3.56. The zero-order valence-corrected chi connectivity index (χ0v) is 17.1. The quantitative estimate of drug-likeness (QED) is 0.459. The highest BCUT2D eigenvalue weighted by molar-refractivity contribution is 6.03. The molecule has 0 saturated carbocycles. The van der Waals surface area contributed by atoms with Gasteiger partial charge in [0.05, 0.1) is 29.9 Å². The maximum atomic E-state index is 13.0. The minimum absolute atomic E-state index is 0.115. The summed E-state index contributed by atoms with van der Waals surface area (Å²) in [7, 11) is 0. The molecule has 4 aromatic rings. The zero-order chi connectivity index (χ0) is 22.0. The average Bonchev–Trinajstić information content (AvgIpc) is 2.79. The molecule has 7 nitrogen and oxygen atoms in total. The molecule has 0 fully saturated rings. The van der Waals surface area contributed by atoms with E-state index < -0.39 is 17.4 Å². The first kappa shape index (κ1) is 20.3. The predicted molar refractivity (Wildman–Crippen MR) is 117 cm³/mol. The molecule has 156 valence electrons. The number of esters is 2. The maximum Gasteiger partial charge on any atom is 0.343 e. The van der Waals surface area contributed by atoms with Gasteiger partial charge >= 0.3 is 11.9 Å². The lowest BCUT2D eigenvalue weighted by Crippen LogP contribution is -2.21. The Morgan fingerprint density at radius 2 is 1.48 bits per heavy atom. The van der Waals surface area contributed by atoms with Crippen LogP contribution in [0.2, 0.25) is 0 Å². The van der Waals surface area contributed by atoms with Crippen molar-refractivity contribution in [1.82, 2.24) is 9.55 Å². The molecule has 0 aliphatic rings. The smallest absolute Gasteiger partial charge is 0.343 e. The molecule has 31 heavy (non-hydrogen) atoms. The van der Waals surface area contributed by atoms with Gasteiger partial charge in [0.15, 0.2) is 0 Å². The SMILES string of the molecule is CCOC(=O)c1cnc2ccccc2c1-n1cc(C(=O)OCC)c(=O)c2ccccc21. The number of aromatic nitrogens is 2. The van der Waals surface area contributed by atoms with E-state index in [1.54, 1.807) is 42.7 Å². The molecule has 0 amide bonds. The van der Waals surface area contributed by atoms with Crippen LogP contribution in [0.15, 0.2) is 65.7 Å². The molecule has 0 spiro atoms. The van der Waals surface area contributed by atoms with Crippen molar-refractivity contribution in [2.24, 2.45) is 0 Å². The van der Waals surface area contributed by atoms with Crippen molar-refractivity contribution in [3.63, 3.8) is 0 Å². The number of pyridine rings is 2. The number of ether oxygens (including phenoxy) is 2. The molecule has 7 heteroatoms. The van der Waals surface area contributed by atoms with Crippen LogP contribution in [0.4, 0.5) is 0 Å². The van der Waals surface area contributed by atoms with Crippen LogP contribution in [0, 0.1) is 0 Å². The van der Waals surface area contributed by atoms with Crippen LogP contribution < -0.4 is 5.43 Å². The Kier molecular flexibility index (Phi) is 5.49. The van der Waals surface area contributed by atoms with Gasteiger partial charge in [0.2, 0.25) is 5.43 Å². The molecule has 2 aromatic carbocycles. The molecule has 2 heterocycles. The summed E-state index contributed by atoms with van der Waals surface area (Å²) in [6.45, 7) is 3.73. The van der Waals surface area contributed by atoms with Gasteiger partial charge in [-0.15, -0.1) is 0 Å². The van der Waals surface area contributed by atoms with Crippen LogP contribution in [0.5, 0.6) is 0 Å². The summed E-state index contributed by atoms with van der Waals surface area (Å²) >= 11 is 0. The van der Waals surface area contributed by atoms with Crippen molar-refractivity contribution in [3.8, 4) is 5.69 Å². The maximum absolute atomic E-state index is 13.0. The van der Waals surface area contributed by atoms with Crippen LogP contribution in [-0.2, 0) is 9.47 Å². The average molecular weight is 416 g/mol. The Morgan fingerprint density at radius 1 is 0.871 bits per heavy atom. The summed E-state index contributed by atoms with van der Waals surface area (Å²) in [5, 5.41) is 1.01. The van der Waals surface area contributed by atoms with Gasteiger partial charge < -0.3 is 14.0 Å². The van der Waals surface area contributed by atoms with E-state index in [-0.39, 0.29) is 24.3 Å². The van der Waals surface area contributed by atoms with Crippen LogP contribution in [-0.4, -0.2) is 34.7 Å². The van der Waals surface area contributed by atoms with Crippen molar-refractivity contribution in [3.05, 3.63) is 82.3 Å². The molecule has 0 aliphatic heterocycles. The summed E-state index contributed by atoms with van der Waals surface area (Å²) in [4.78, 5) is 42.7. The topological polar surface area (TPSA) is 87.5 Å². The van der Waals surface area contributed by atoms with Gasteiger partial charge in [0.1, 0.15) is 11.1 Å². The number of para-hydroxylation sites is 2. The second-order valence-electron chi connectivity index (χ2n) is 6.74. The van der Waals surface area contributed by atoms with Crippen LogP contribution in [0.25, 0.3) is 27.5 Å². The Hall–Kier alpha value is -4.00. The van der Waals surface area contributed by atoms with E-state index in [0.29, 0.717) is 27.5 Å². The summed E-state index contributed by atoms with van der Waals surface area (Å²) in [5.74, 6) is -1.26. The molecule has 0 bridgehead atoms. The van der Waals surface area contributed by atoms with E-state index in [1.165, 1.54) is 12.4 Å². The molecule has 0 aliphatic carbocycles. The molecule has 2 aromatic heterocycles. The summed E-state index contributed by atoms with van der Waals surface area (Å²) < 4.78 is 12.0. The van der Waals surface area contributed by atoms with Crippen LogP contribution >= 0.6 is 0 Å². The monoisotopic (exact) mass is 416 g/mol. The normalized spacial score (nSPS) is 10.9. The van der Waals surface area contributed by atoms with Crippen molar-refractivity contribution in [2.75, 3.05) is 13.2 Å². The second-order valence-corrected chi connectivity index (χ2v) is 6.74. The van der Waals surface area contributed by atoms with Crippen molar-refractivity contribution in [1.29, 1.82) is 0 Å². The van der Waals surface area contributed by atoms with Gasteiger partial charge in [-0.3, -0.25) is 9.78 Å². The highest BCUT2D eigenvalue weighted by atomic mass is 16.5. The molecule has 0 saturated heterocycles. The third kappa shape index (κ3) is 3.54. The minimum Gasteiger partial charge on any atom is -0.462 e. The van der Waals surface area contributed by atoms with Crippen molar-refractivity contribution in [2.45, 2.75) is 13.8 Å². The minimum atomic E-state index is -0.719. The van der Waals surface area contributed by atoms with Gasteiger partial charge in [0.25, 0.3) is 0 Å². The first-order chi connectivity index (χ1) is 15.1. The molecular formula is C24H20N2O5. The first-order valence-electron chi connectivity index (χ1n) is 9.93. The lowest BCUT2D eigenvalue weighted by molar-refractivity contribution is 0.0517. The number of rotatable bonds is 5. The number of nitrogens with zero attached hydrogens (tertiary/aromatic N) is 2. The van der Waals surface area contributed by atoms with Gasteiger partial charge in [-0.2, -0.15) is 0 Å². The van der Waals surface area contributed by atoms with E-state index in [2.05, 4.69) is 4.98 Å². The van der Waals surface area contributed by atoms with E-state index in [1.807, 2.05) is 24.3 Å². The highest BCUT2D eigenvalue weighted by Crippen LogP contribution is 2.28.